The Hall–Kier alpha value is -3.21. The van der Waals surface area contributed by atoms with Crippen molar-refractivity contribution in [3.8, 4) is 11.6 Å². The minimum absolute atomic E-state index is 0.0863. The highest BCUT2D eigenvalue weighted by atomic mass is 31.2. The quantitative estimate of drug-likeness (QED) is 0.368. The van der Waals surface area contributed by atoms with E-state index in [1.54, 1.807) is 36.7 Å². The van der Waals surface area contributed by atoms with Gasteiger partial charge < -0.3 is 24.7 Å². The maximum Gasteiger partial charge on any atom is 0.459 e. The molecule has 2 aromatic heterocycles. The van der Waals surface area contributed by atoms with E-state index in [1.165, 1.54) is 14.0 Å². The molecule has 176 valence electrons. The summed E-state index contributed by atoms with van der Waals surface area (Å²) in [4.78, 5) is 23.9. The number of hydrogen-bond donors (Lipinski definition) is 3. The predicted molar refractivity (Wildman–Crippen MR) is 119 cm³/mol. The summed E-state index contributed by atoms with van der Waals surface area (Å²) in [7, 11) is -2.43. The number of methoxy groups -OCH3 is 1. The van der Waals surface area contributed by atoms with Crippen LogP contribution in [0.25, 0.3) is 11.2 Å². The van der Waals surface area contributed by atoms with Crippen LogP contribution in [0.4, 0.5) is 5.95 Å². The summed E-state index contributed by atoms with van der Waals surface area (Å²) in [5, 5.41) is 11.7. The van der Waals surface area contributed by atoms with Gasteiger partial charge in [-0.25, -0.2) is 9.55 Å². The number of anilines is 1. The Kier molecular flexibility index (Phi) is 6.50. The molecule has 0 spiro atoms. The first-order valence-electron chi connectivity index (χ1n) is 10.3. The number of ether oxygens (including phenoxy) is 1. The summed E-state index contributed by atoms with van der Waals surface area (Å²) in [5.41, 5.74) is 6.89. The lowest BCUT2D eigenvalue weighted by Gasteiger charge is -2.36. The van der Waals surface area contributed by atoms with Crippen molar-refractivity contribution >= 4 is 30.8 Å². The van der Waals surface area contributed by atoms with E-state index in [1.807, 2.05) is 4.57 Å². The van der Waals surface area contributed by atoms with Crippen molar-refractivity contribution in [3.05, 3.63) is 36.7 Å². The number of carboxylic acid groups (broad SMARTS) is 1. The highest BCUT2D eigenvalue weighted by molar-refractivity contribution is 7.52. The van der Waals surface area contributed by atoms with E-state index in [4.69, 9.17) is 19.5 Å². The lowest BCUT2D eigenvalue weighted by molar-refractivity contribution is -0.138. The SMILES string of the molecule is COc1nc(N)nc2c1ncn2C1CC(COP(=O)(NC(C)C(=O)O)Oc2ccccc2)C1. The minimum atomic E-state index is -3.92. The third-order valence-electron chi connectivity index (χ3n) is 5.38. The Morgan fingerprint density at radius 1 is 1.33 bits per heavy atom. The smallest absolute Gasteiger partial charge is 0.459 e. The summed E-state index contributed by atoms with van der Waals surface area (Å²) >= 11 is 0. The molecule has 3 aromatic rings. The van der Waals surface area contributed by atoms with Gasteiger partial charge in [0.05, 0.1) is 20.0 Å². The topological polar surface area (TPSA) is 164 Å². The Balaban J connectivity index is 1.41. The van der Waals surface area contributed by atoms with Gasteiger partial charge in [0, 0.05) is 6.04 Å². The Morgan fingerprint density at radius 3 is 2.73 bits per heavy atom. The number of hydrogen-bond acceptors (Lipinski definition) is 9. The van der Waals surface area contributed by atoms with Crippen LogP contribution in [0.3, 0.4) is 0 Å². The van der Waals surface area contributed by atoms with E-state index in [0.29, 0.717) is 22.8 Å². The van der Waals surface area contributed by atoms with Gasteiger partial charge in [0.25, 0.3) is 0 Å². The second kappa shape index (κ2) is 9.34. The number of carboxylic acids is 1. The number of fused-ring (bicyclic) bond motifs is 1. The fourth-order valence-electron chi connectivity index (χ4n) is 3.59. The van der Waals surface area contributed by atoms with Gasteiger partial charge in [-0.1, -0.05) is 18.2 Å². The van der Waals surface area contributed by atoms with Crippen LogP contribution >= 0.6 is 7.75 Å². The van der Waals surface area contributed by atoms with Gasteiger partial charge in [0.2, 0.25) is 11.8 Å². The van der Waals surface area contributed by atoms with Gasteiger partial charge in [-0.05, 0) is 37.8 Å². The van der Waals surface area contributed by atoms with E-state index in [9.17, 15) is 14.5 Å². The molecule has 4 N–H and O–H groups in total. The van der Waals surface area contributed by atoms with Gasteiger partial charge in [0.15, 0.2) is 11.2 Å². The summed E-state index contributed by atoms with van der Waals surface area (Å²) in [6, 6.07) is 7.45. The maximum atomic E-state index is 13.3. The second-order valence-corrected chi connectivity index (χ2v) is 9.49. The highest BCUT2D eigenvalue weighted by Crippen LogP contribution is 2.48. The third-order valence-corrected chi connectivity index (χ3v) is 7.02. The number of nitrogens with one attached hydrogen (secondary N) is 1. The first-order chi connectivity index (χ1) is 15.8. The number of nitrogen functional groups attached to an aromatic ring is 1. The molecule has 0 amide bonds. The fourth-order valence-corrected chi connectivity index (χ4v) is 5.16. The monoisotopic (exact) mass is 476 g/mol. The molecule has 0 bridgehead atoms. The molecule has 0 aliphatic heterocycles. The zero-order valence-corrected chi connectivity index (χ0v) is 19.0. The minimum Gasteiger partial charge on any atom is -0.480 e. The number of carbonyl (C=O) groups is 1. The number of nitrogens with two attached hydrogens (primary N) is 1. The molecule has 0 saturated heterocycles. The predicted octanol–water partition coefficient (Wildman–Crippen LogP) is 2.63. The van der Waals surface area contributed by atoms with Crippen LogP contribution in [0.15, 0.2) is 36.7 Å². The van der Waals surface area contributed by atoms with Crippen LogP contribution in [-0.2, 0) is 13.9 Å². The molecule has 33 heavy (non-hydrogen) atoms. The number of benzene rings is 1. The Bertz CT molecular complexity index is 1180. The standard InChI is InChI=1S/C20H25N6O6P/c1-12(19(27)28)25-33(29,32-15-6-4-3-5-7-15)31-10-13-8-14(9-13)26-11-22-16-17(26)23-20(21)24-18(16)30-2/h3-7,11-14H,8-10H2,1-2H3,(H,25,29)(H,27,28)(H2,21,23,24). The van der Waals surface area contributed by atoms with Gasteiger partial charge in [-0.15, -0.1) is 0 Å². The van der Waals surface area contributed by atoms with E-state index >= 15 is 0 Å². The van der Waals surface area contributed by atoms with Crippen molar-refractivity contribution in [2.45, 2.75) is 31.8 Å². The largest absolute Gasteiger partial charge is 0.480 e. The molecule has 2 unspecified atom stereocenters. The molecule has 2 atom stereocenters. The Labute approximate surface area is 189 Å². The van der Waals surface area contributed by atoms with Crippen LogP contribution in [0.2, 0.25) is 0 Å². The molecule has 2 heterocycles. The summed E-state index contributed by atoms with van der Waals surface area (Å²) in [6.45, 7) is 1.51. The van der Waals surface area contributed by atoms with E-state index in [0.717, 1.165) is 12.8 Å². The average molecular weight is 476 g/mol. The molecule has 1 fully saturated rings. The van der Waals surface area contributed by atoms with Crippen molar-refractivity contribution in [3.63, 3.8) is 0 Å². The van der Waals surface area contributed by atoms with Crippen molar-refractivity contribution in [1.82, 2.24) is 24.6 Å². The van der Waals surface area contributed by atoms with E-state index in [-0.39, 0.29) is 24.5 Å². The van der Waals surface area contributed by atoms with Crippen LogP contribution in [0, 0.1) is 5.92 Å². The lowest BCUT2D eigenvalue weighted by Crippen LogP contribution is -2.35. The number of imidazole rings is 1. The summed E-state index contributed by atoms with van der Waals surface area (Å²) < 4.78 is 31.6. The molecule has 4 rings (SSSR count). The molecular weight excluding hydrogens is 451 g/mol. The van der Waals surface area contributed by atoms with Crippen molar-refractivity contribution in [1.29, 1.82) is 0 Å². The van der Waals surface area contributed by atoms with Crippen LogP contribution < -0.4 is 20.1 Å². The van der Waals surface area contributed by atoms with Crippen LogP contribution in [0.5, 0.6) is 11.6 Å². The molecule has 12 nitrogen and oxygen atoms in total. The Morgan fingerprint density at radius 2 is 2.06 bits per heavy atom. The van der Waals surface area contributed by atoms with Crippen LogP contribution in [-0.4, -0.2) is 50.4 Å². The molecular formula is C20H25N6O6P. The number of aromatic nitrogens is 4. The van der Waals surface area contributed by atoms with Gasteiger partial charge in [0.1, 0.15) is 11.8 Å². The number of nitrogens with zero attached hydrogens (tertiary/aromatic N) is 4. The third kappa shape index (κ3) is 5.08. The summed E-state index contributed by atoms with van der Waals surface area (Å²) in [6.07, 6.45) is 3.11. The molecule has 1 aliphatic rings. The first-order valence-corrected chi connectivity index (χ1v) is 11.9. The molecule has 1 aromatic carbocycles. The molecule has 13 heteroatoms. The zero-order valence-electron chi connectivity index (χ0n) is 18.1. The highest BCUT2D eigenvalue weighted by Gasteiger charge is 2.37. The van der Waals surface area contributed by atoms with Crippen LogP contribution in [0.1, 0.15) is 25.8 Å². The first kappa shape index (κ1) is 23.0. The lowest BCUT2D eigenvalue weighted by atomic mass is 9.81. The molecule has 1 saturated carbocycles. The number of para-hydroxylation sites is 1. The van der Waals surface area contributed by atoms with Crippen molar-refractivity contribution in [2.24, 2.45) is 5.92 Å². The van der Waals surface area contributed by atoms with E-state index < -0.39 is 19.8 Å². The zero-order chi connectivity index (χ0) is 23.6. The van der Waals surface area contributed by atoms with Gasteiger partial charge in [-0.3, -0.25) is 9.32 Å². The summed E-state index contributed by atoms with van der Waals surface area (Å²) in [5.74, 6) is -0.356. The fraction of sp³-hybridized carbons (Fsp3) is 0.400. The molecule has 1 aliphatic carbocycles. The van der Waals surface area contributed by atoms with Gasteiger partial charge >= 0.3 is 13.7 Å². The van der Waals surface area contributed by atoms with Crippen molar-refractivity contribution in [2.75, 3.05) is 19.5 Å². The number of aliphatic carboxylic acids is 1. The number of rotatable bonds is 10. The second-order valence-electron chi connectivity index (χ2n) is 7.79. The normalized spacial score (nSPS) is 20.5. The molecule has 0 radical (unpaired) electrons. The average Bonchev–Trinajstić information content (AvgIpc) is 3.16. The van der Waals surface area contributed by atoms with Crippen molar-refractivity contribution < 1.29 is 28.3 Å². The van der Waals surface area contributed by atoms with Gasteiger partial charge in [-0.2, -0.15) is 15.1 Å². The maximum absolute atomic E-state index is 13.3. The van der Waals surface area contributed by atoms with E-state index in [2.05, 4.69) is 20.0 Å².